The van der Waals surface area contributed by atoms with Gasteiger partial charge in [0.2, 0.25) is 0 Å². The van der Waals surface area contributed by atoms with Crippen molar-refractivity contribution >= 4 is 0 Å². The zero-order valence-corrected chi connectivity index (χ0v) is 19.1. The van der Waals surface area contributed by atoms with E-state index < -0.39 is 51.8 Å². The molecule has 36 heavy (non-hydrogen) atoms. The molecule has 3 aromatic rings. The van der Waals surface area contributed by atoms with Gasteiger partial charge in [0.1, 0.15) is 23.3 Å². The van der Waals surface area contributed by atoms with E-state index in [9.17, 15) is 26.3 Å². The Bertz CT molecular complexity index is 1420. The number of fused-ring (bicyclic) bond motifs is 1. The molecule has 0 amide bonds. The largest absolute Gasteiger partial charge is 0.206 e. The summed E-state index contributed by atoms with van der Waals surface area (Å²) in [6.07, 6.45) is 3.85. The van der Waals surface area contributed by atoms with Crippen molar-refractivity contribution in [3.63, 3.8) is 0 Å². The third kappa shape index (κ3) is 5.26. The van der Waals surface area contributed by atoms with Gasteiger partial charge in [-0.25, -0.2) is 30.7 Å². The van der Waals surface area contributed by atoms with E-state index in [-0.39, 0.29) is 11.1 Å². The van der Waals surface area contributed by atoms with E-state index >= 15 is 4.39 Å². The highest BCUT2D eigenvalue weighted by molar-refractivity contribution is 5.51. The van der Waals surface area contributed by atoms with Crippen LogP contribution in [-0.4, -0.2) is 0 Å². The zero-order chi connectivity index (χ0) is 26.0. The number of hydrogen-bond acceptors (Lipinski definition) is 0. The molecule has 0 saturated heterocycles. The summed E-state index contributed by atoms with van der Waals surface area (Å²) < 4.78 is 98.2. The average molecular weight is 500 g/mol. The molecule has 1 atom stereocenters. The zero-order valence-electron chi connectivity index (χ0n) is 19.1. The maximum Gasteiger partial charge on any atom is 0.194 e. The summed E-state index contributed by atoms with van der Waals surface area (Å²) in [5, 5.41) is 0. The molecule has 184 valence electrons. The van der Waals surface area contributed by atoms with Crippen LogP contribution in [0.15, 0.2) is 30.3 Å². The first-order valence-electron chi connectivity index (χ1n) is 11.3. The molecule has 0 fully saturated rings. The summed E-state index contributed by atoms with van der Waals surface area (Å²) in [5.41, 5.74) is -0.639. The Morgan fingerprint density at radius 3 is 1.78 bits per heavy atom. The van der Waals surface area contributed by atoms with Crippen molar-refractivity contribution in [1.29, 1.82) is 0 Å². The molecule has 3 aromatic carbocycles. The quantitative estimate of drug-likeness (QED) is 0.196. The van der Waals surface area contributed by atoms with E-state index in [0.29, 0.717) is 42.0 Å². The highest BCUT2D eigenvalue weighted by atomic mass is 19.2. The second-order valence-electron chi connectivity index (χ2n) is 8.65. The SMILES string of the molecule is CCCC1CCc2c(cc(F)c(C#Cc3cc(F)c(C#Cc4cc(F)c(F)c(F)c4)c(F)c3)c2F)C1. The van der Waals surface area contributed by atoms with E-state index in [0.717, 1.165) is 31.4 Å². The first kappa shape index (κ1) is 25.4. The third-order valence-electron chi connectivity index (χ3n) is 6.11. The highest BCUT2D eigenvalue weighted by Gasteiger charge is 2.24. The number of hydrogen-bond donors (Lipinski definition) is 0. The van der Waals surface area contributed by atoms with E-state index in [4.69, 9.17) is 0 Å². The van der Waals surface area contributed by atoms with Gasteiger partial charge in [0.15, 0.2) is 17.5 Å². The summed E-state index contributed by atoms with van der Waals surface area (Å²) in [6, 6.07) is 4.12. The van der Waals surface area contributed by atoms with Gasteiger partial charge < -0.3 is 0 Å². The van der Waals surface area contributed by atoms with Crippen molar-refractivity contribution in [2.24, 2.45) is 5.92 Å². The van der Waals surface area contributed by atoms with Crippen LogP contribution >= 0.6 is 0 Å². The minimum atomic E-state index is -1.69. The van der Waals surface area contributed by atoms with Crippen LogP contribution in [0.2, 0.25) is 0 Å². The molecule has 0 N–H and O–H groups in total. The van der Waals surface area contributed by atoms with Crippen molar-refractivity contribution in [1.82, 2.24) is 0 Å². The van der Waals surface area contributed by atoms with Gasteiger partial charge in [0.05, 0.1) is 11.1 Å². The maximum atomic E-state index is 15.0. The van der Waals surface area contributed by atoms with Gasteiger partial charge >= 0.3 is 0 Å². The first-order valence-corrected chi connectivity index (χ1v) is 11.3. The van der Waals surface area contributed by atoms with E-state index in [1.165, 1.54) is 6.07 Å². The van der Waals surface area contributed by atoms with Crippen LogP contribution in [0.4, 0.5) is 30.7 Å². The lowest BCUT2D eigenvalue weighted by Crippen LogP contribution is -2.17. The minimum absolute atomic E-state index is 0.186. The molecule has 7 heteroatoms. The maximum absolute atomic E-state index is 15.0. The molecule has 1 aliphatic carbocycles. The normalized spacial score (nSPS) is 14.4. The predicted molar refractivity (Wildman–Crippen MR) is 121 cm³/mol. The summed E-state index contributed by atoms with van der Waals surface area (Å²) in [4.78, 5) is 0. The standard InChI is InChI=1S/C29H19F7/c1-2-3-16-4-7-20-19(10-16)15-25(32)22(28(20)35)9-6-17-11-23(30)21(24(31)12-17)8-5-18-13-26(33)29(36)27(34)14-18/h11-16H,2-4,7,10H2,1H3. The Kier molecular flexibility index (Phi) is 7.40. The Hall–Kier alpha value is -3.71. The van der Waals surface area contributed by atoms with Crippen LogP contribution < -0.4 is 0 Å². The van der Waals surface area contributed by atoms with Gasteiger partial charge in [-0.15, -0.1) is 0 Å². The molecule has 0 bridgehead atoms. The van der Waals surface area contributed by atoms with Gasteiger partial charge in [-0.05, 0) is 66.6 Å². The van der Waals surface area contributed by atoms with Crippen LogP contribution in [0, 0.1) is 70.3 Å². The predicted octanol–water partition coefficient (Wildman–Crippen LogP) is 7.36. The van der Waals surface area contributed by atoms with Gasteiger partial charge in [-0.2, -0.15) is 0 Å². The van der Waals surface area contributed by atoms with Crippen molar-refractivity contribution in [3.05, 3.63) is 104 Å². The Morgan fingerprint density at radius 2 is 1.19 bits per heavy atom. The van der Waals surface area contributed by atoms with Crippen molar-refractivity contribution in [2.45, 2.75) is 39.0 Å². The Labute approximate surface area is 204 Å². The topological polar surface area (TPSA) is 0 Å². The van der Waals surface area contributed by atoms with Crippen molar-refractivity contribution in [2.75, 3.05) is 0 Å². The lowest BCUT2D eigenvalue weighted by atomic mass is 9.81. The third-order valence-corrected chi connectivity index (χ3v) is 6.11. The van der Waals surface area contributed by atoms with E-state index in [1.54, 1.807) is 0 Å². The van der Waals surface area contributed by atoms with Gasteiger partial charge in [-0.1, -0.05) is 43.4 Å². The molecular weight excluding hydrogens is 481 g/mol. The van der Waals surface area contributed by atoms with Gasteiger partial charge in [0, 0.05) is 11.1 Å². The summed E-state index contributed by atoms with van der Waals surface area (Å²) in [5.74, 6) is 0.862. The lowest BCUT2D eigenvalue weighted by molar-refractivity contribution is 0.411. The molecule has 0 saturated carbocycles. The second-order valence-corrected chi connectivity index (χ2v) is 8.65. The number of rotatable bonds is 2. The monoisotopic (exact) mass is 500 g/mol. The van der Waals surface area contributed by atoms with Crippen LogP contribution in [0.25, 0.3) is 0 Å². The van der Waals surface area contributed by atoms with E-state index in [1.807, 2.05) is 0 Å². The molecule has 0 spiro atoms. The molecule has 0 aromatic heterocycles. The highest BCUT2D eigenvalue weighted by Crippen LogP contribution is 2.32. The molecule has 0 heterocycles. The van der Waals surface area contributed by atoms with Crippen LogP contribution in [0.3, 0.4) is 0 Å². The molecule has 0 radical (unpaired) electrons. The summed E-state index contributed by atoms with van der Waals surface area (Å²) in [7, 11) is 0. The molecule has 0 aliphatic heterocycles. The molecule has 1 aliphatic rings. The van der Waals surface area contributed by atoms with Crippen molar-refractivity contribution in [3.8, 4) is 23.7 Å². The minimum Gasteiger partial charge on any atom is -0.206 e. The van der Waals surface area contributed by atoms with Gasteiger partial charge in [0.25, 0.3) is 0 Å². The Morgan fingerprint density at radius 1 is 0.667 bits per heavy atom. The van der Waals surface area contributed by atoms with E-state index in [2.05, 4.69) is 30.6 Å². The van der Waals surface area contributed by atoms with Crippen LogP contribution in [0.1, 0.15) is 59.6 Å². The van der Waals surface area contributed by atoms with Crippen molar-refractivity contribution < 1.29 is 30.7 Å². The second kappa shape index (κ2) is 10.5. The summed E-state index contributed by atoms with van der Waals surface area (Å²) in [6.45, 7) is 2.06. The van der Waals surface area contributed by atoms with Gasteiger partial charge in [-0.3, -0.25) is 0 Å². The fourth-order valence-electron chi connectivity index (χ4n) is 4.35. The van der Waals surface area contributed by atoms with Crippen LogP contribution in [0.5, 0.6) is 0 Å². The molecular formula is C29H19F7. The fourth-order valence-corrected chi connectivity index (χ4v) is 4.35. The summed E-state index contributed by atoms with van der Waals surface area (Å²) >= 11 is 0. The number of halogens is 7. The first-order chi connectivity index (χ1) is 17.2. The molecule has 0 nitrogen and oxygen atoms in total. The number of benzene rings is 3. The fraction of sp³-hybridized carbons (Fsp3) is 0.241. The molecule has 4 rings (SSSR count). The lowest BCUT2D eigenvalue weighted by Gasteiger charge is -2.25. The Balaban J connectivity index is 1.62. The molecule has 1 unspecified atom stereocenters. The van der Waals surface area contributed by atoms with Crippen LogP contribution in [-0.2, 0) is 12.8 Å². The smallest absolute Gasteiger partial charge is 0.194 e. The average Bonchev–Trinajstić information content (AvgIpc) is 2.82.